The fourth-order valence-corrected chi connectivity index (χ4v) is 2.08. The standard InChI is InChI=1S/C17H11N3O2/c18-9-15-7-6-13(10-19-15)5-4-12-2-1-3-14(8-12)16-11-22-17(21)20-16/h1-3,6-8,10,16H,11H2,(H,20,21)/t16-/m0/s1. The van der Waals surface area contributed by atoms with E-state index in [1.165, 1.54) is 0 Å². The first kappa shape index (κ1) is 13.7. The molecule has 0 saturated carbocycles. The van der Waals surface area contributed by atoms with Crippen LogP contribution in [0.25, 0.3) is 0 Å². The van der Waals surface area contributed by atoms with Crippen molar-refractivity contribution in [3.63, 3.8) is 0 Å². The highest BCUT2D eigenvalue weighted by Gasteiger charge is 2.23. The van der Waals surface area contributed by atoms with Crippen LogP contribution in [0.4, 0.5) is 4.79 Å². The molecule has 1 aliphatic heterocycles. The molecule has 3 rings (SSSR count). The summed E-state index contributed by atoms with van der Waals surface area (Å²) < 4.78 is 4.89. The molecule has 1 aromatic heterocycles. The first-order chi connectivity index (χ1) is 10.7. The third-order valence-electron chi connectivity index (χ3n) is 3.19. The molecule has 106 valence electrons. The normalized spacial score (nSPS) is 16.0. The number of aromatic nitrogens is 1. The number of hydrogen-bond acceptors (Lipinski definition) is 4. The SMILES string of the molecule is N#Cc1ccc(C#Cc2cccc([C@@H]3COC(=O)N3)c2)cn1. The molecule has 1 amide bonds. The third kappa shape index (κ3) is 3.05. The van der Waals surface area contributed by atoms with Crippen LogP contribution in [0.2, 0.25) is 0 Å². The second kappa shape index (κ2) is 5.99. The summed E-state index contributed by atoms with van der Waals surface area (Å²) in [5, 5.41) is 11.4. The Morgan fingerprint density at radius 3 is 2.77 bits per heavy atom. The van der Waals surface area contributed by atoms with E-state index in [4.69, 9.17) is 10.00 Å². The monoisotopic (exact) mass is 289 g/mol. The van der Waals surface area contributed by atoms with Gasteiger partial charge in [-0.1, -0.05) is 24.0 Å². The molecule has 1 saturated heterocycles. The van der Waals surface area contributed by atoms with Gasteiger partial charge in [0.2, 0.25) is 0 Å². The average Bonchev–Trinajstić information content (AvgIpc) is 3.00. The molecule has 1 aliphatic rings. The van der Waals surface area contributed by atoms with E-state index in [0.29, 0.717) is 12.3 Å². The Labute approximate surface area is 127 Å². The zero-order valence-corrected chi connectivity index (χ0v) is 11.5. The van der Waals surface area contributed by atoms with Gasteiger partial charge in [0.05, 0.1) is 6.04 Å². The zero-order valence-electron chi connectivity index (χ0n) is 11.5. The van der Waals surface area contributed by atoms with Crippen LogP contribution in [0.5, 0.6) is 0 Å². The minimum Gasteiger partial charge on any atom is -0.447 e. The first-order valence-corrected chi connectivity index (χ1v) is 6.66. The van der Waals surface area contributed by atoms with Gasteiger partial charge in [-0.2, -0.15) is 5.26 Å². The molecular formula is C17H11N3O2. The van der Waals surface area contributed by atoms with Gasteiger partial charge in [0.1, 0.15) is 18.4 Å². The topological polar surface area (TPSA) is 75.0 Å². The number of pyridine rings is 1. The number of rotatable bonds is 1. The number of nitriles is 1. The highest BCUT2D eigenvalue weighted by Crippen LogP contribution is 2.18. The maximum absolute atomic E-state index is 11.1. The van der Waals surface area contributed by atoms with E-state index < -0.39 is 6.09 Å². The number of carbonyl (C=O) groups excluding carboxylic acids is 1. The summed E-state index contributed by atoms with van der Waals surface area (Å²) in [5.41, 5.74) is 2.89. The van der Waals surface area contributed by atoms with Gasteiger partial charge in [-0.25, -0.2) is 9.78 Å². The number of nitrogens with zero attached hydrogens (tertiary/aromatic N) is 2. The lowest BCUT2D eigenvalue weighted by molar-refractivity contribution is 0.177. The molecule has 1 atom stereocenters. The van der Waals surface area contributed by atoms with Crippen LogP contribution in [0.1, 0.15) is 28.4 Å². The van der Waals surface area contributed by atoms with E-state index in [-0.39, 0.29) is 6.04 Å². The van der Waals surface area contributed by atoms with Crippen molar-refractivity contribution in [1.82, 2.24) is 10.3 Å². The fraction of sp³-hybridized carbons (Fsp3) is 0.118. The number of ether oxygens (including phenoxy) is 1. The number of hydrogen-bond donors (Lipinski definition) is 1. The smallest absolute Gasteiger partial charge is 0.407 e. The average molecular weight is 289 g/mol. The molecule has 22 heavy (non-hydrogen) atoms. The van der Waals surface area contributed by atoms with Gasteiger partial charge in [0.25, 0.3) is 0 Å². The summed E-state index contributed by atoms with van der Waals surface area (Å²) in [7, 11) is 0. The van der Waals surface area contributed by atoms with Crippen molar-refractivity contribution in [2.45, 2.75) is 6.04 Å². The number of benzene rings is 1. The molecule has 0 unspecified atom stereocenters. The number of amides is 1. The van der Waals surface area contributed by atoms with Crippen molar-refractivity contribution in [1.29, 1.82) is 5.26 Å². The molecule has 0 bridgehead atoms. The minimum atomic E-state index is -0.398. The first-order valence-electron chi connectivity index (χ1n) is 6.66. The van der Waals surface area contributed by atoms with Crippen LogP contribution in [0.3, 0.4) is 0 Å². The maximum atomic E-state index is 11.1. The van der Waals surface area contributed by atoms with Gasteiger partial charge < -0.3 is 10.1 Å². The largest absolute Gasteiger partial charge is 0.447 e. The van der Waals surface area contributed by atoms with Crippen LogP contribution in [0.15, 0.2) is 42.6 Å². The molecule has 1 N–H and O–H groups in total. The van der Waals surface area contributed by atoms with Gasteiger partial charge in [-0.15, -0.1) is 0 Å². The van der Waals surface area contributed by atoms with E-state index in [9.17, 15) is 4.79 Å². The quantitative estimate of drug-likeness (QED) is 0.816. The van der Waals surface area contributed by atoms with E-state index >= 15 is 0 Å². The Kier molecular flexibility index (Phi) is 3.72. The molecule has 2 heterocycles. The molecule has 5 heteroatoms. The Hall–Kier alpha value is -3.31. The van der Waals surface area contributed by atoms with Crippen molar-refractivity contribution in [3.05, 3.63) is 65.0 Å². The second-order valence-electron chi connectivity index (χ2n) is 4.71. The van der Waals surface area contributed by atoms with Crippen LogP contribution < -0.4 is 5.32 Å². The molecule has 1 fully saturated rings. The summed E-state index contributed by atoms with van der Waals surface area (Å²) in [6.45, 7) is 0.329. The Balaban J connectivity index is 1.80. The van der Waals surface area contributed by atoms with Gasteiger partial charge in [0.15, 0.2) is 0 Å². The highest BCUT2D eigenvalue weighted by atomic mass is 16.6. The second-order valence-corrected chi connectivity index (χ2v) is 4.71. The number of nitrogens with one attached hydrogen (secondary N) is 1. The van der Waals surface area contributed by atoms with Crippen molar-refractivity contribution in [3.8, 4) is 17.9 Å². The lowest BCUT2D eigenvalue weighted by atomic mass is 10.0. The van der Waals surface area contributed by atoms with Gasteiger partial charge in [-0.05, 0) is 29.8 Å². The third-order valence-corrected chi connectivity index (χ3v) is 3.19. The lowest BCUT2D eigenvalue weighted by Crippen LogP contribution is -2.18. The Morgan fingerprint density at radius 1 is 1.23 bits per heavy atom. The Bertz CT molecular complexity index is 810. The van der Waals surface area contributed by atoms with Gasteiger partial charge in [-0.3, -0.25) is 0 Å². The van der Waals surface area contributed by atoms with E-state index in [1.807, 2.05) is 30.3 Å². The van der Waals surface area contributed by atoms with Crippen molar-refractivity contribution in [2.24, 2.45) is 0 Å². The summed E-state index contributed by atoms with van der Waals surface area (Å²) in [4.78, 5) is 15.1. The number of cyclic esters (lactones) is 1. The highest BCUT2D eigenvalue weighted by molar-refractivity contribution is 5.70. The van der Waals surface area contributed by atoms with Crippen LogP contribution in [-0.4, -0.2) is 17.7 Å². The predicted octanol–water partition coefficient (Wildman–Crippen LogP) is 2.13. The van der Waals surface area contributed by atoms with Crippen molar-refractivity contribution >= 4 is 6.09 Å². The predicted molar refractivity (Wildman–Crippen MR) is 78.6 cm³/mol. The van der Waals surface area contributed by atoms with Crippen LogP contribution in [-0.2, 0) is 4.74 Å². The molecule has 0 aliphatic carbocycles. The molecule has 0 spiro atoms. The molecular weight excluding hydrogens is 278 g/mol. The number of carbonyl (C=O) groups is 1. The van der Waals surface area contributed by atoms with Crippen molar-refractivity contribution < 1.29 is 9.53 Å². The van der Waals surface area contributed by atoms with Gasteiger partial charge in [0, 0.05) is 17.3 Å². The van der Waals surface area contributed by atoms with E-state index in [2.05, 4.69) is 22.1 Å². The van der Waals surface area contributed by atoms with Crippen LogP contribution in [0, 0.1) is 23.2 Å². The minimum absolute atomic E-state index is 0.133. The molecule has 5 nitrogen and oxygen atoms in total. The van der Waals surface area contributed by atoms with Crippen molar-refractivity contribution in [2.75, 3.05) is 6.61 Å². The fourth-order valence-electron chi connectivity index (χ4n) is 2.08. The lowest BCUT2D eigenvalue weighted by Gasteiger charge is -2.07. The summed E-state index contributed by atoms with van der Waals surface area (Å²) in [5.74, 6) is 6.05. The summed E-state index contributed by atoms with van der Waals surface area (Å²) in [6, 6.07) is 12.8. The van der Waals surface area contributed by atoms with Gasteiger partial charge >= 0.3 is 6.09 Å². The Morgan fingerprint density at radius 2 is 2.09 bits per heavy atom. The van der Waals surface area contributed by atoms with E-state index in [0.717, 1.165) is 16.7 Å². The molecule has 2 aromatic rings. The molecule has 1 aromatic carbocycles. The molecule has 0 radical (unpaired) electrons. The number of alkyl carbamates (subject to hydrolysis) is 1. The van der Waals surface area contributed by atoms with Crippen LogP contribution >= 0.6 is 0 Å². The summed E-state index contributed by atoms with van der Waals surface area (Å²) in [6.07, 6.45) is 1.17. The zero-order chi connectivity index (χ0) is 15.4. The summed E-state index contributed by atoms with van der Waals surface area (Å²) >= 11 is 0. The maximum Gasteiger partial charge on any atom is 0.407 e. The van der Waals surface area contributed by atoms with E-state index in [1.54, 1.807) is 18.3 Å².